The van der Waals surface area contributed by atoms with Gasteiger partial charge in [-0.15, -0.1) is 0 Å². The summed E-state index contributed by atoms with van der Waals surface area (Å²) in [5, 5.41) is 11.7. The van der Waals surface area contributed by atoms with Crippen LogP contribution in [0.5, 0.6) is 0 Å². The van der Waals surface area contributed by atoms with Gasteiger partial charge in [0.25, 0.3) is 6.47 Å². The molecule has 0 spiro atoms. The predicted molar refractivity (Wildman–Crippen MR) is 132 cm³/mol. The number of carbonyl (C=O) groups is 2. The molecule has 1 aromatic carbocycles. The van der Waals surface area contributed by atoms with Crippen molar-refractivity contribution in [2.24, 2.45) is 0 Å². The van der Waals surface area contributed by atoms with E-state index in [-0.39, 0.29) is 19.0 Å². The molecule has 8 nitrogen and oxygen atoms in total. The van der Waals surface area contributed by atoms with Crippen LogP contribution in [0, 0.1) is 6.92 Å². The Morgan fingerprint density at radius 1 is 1.29 bits per heavy atom. The van der Waals surface area contributed by atoms with E-state index in [0.717, 1.165) is 11.1 Å². The van der Waals surface area contributed by atoms with Crippen molar-refractivity contribution in [2.75, 3.05) is 20.6 Å². The molecule has 3 rings (SSSR count). The van der Waals surface area contributed by atoms with Gasteiger partial charge in [-0.2, -0.15) is 0 Å². The highest BCUT2D eigenvalue weighted by Crippen LogP contribution is 2.29. The highest BCUT2D eigenvalue weighted by Gasteiger charge is 2.24. The van der Waals surface area contributed by atoms with Gasteiger partial charge >= 0.3 is 0 Å². The van der Waals surface area contributed by atoms with Gasteiger partial charge in [0, 0.05) is 30.6 Å². The van der Waals surface area contributed by atoms with E-state index in [1.54, 1.807) is 49.9 Å². The lowest BCUT2D eigenvalue weighted by Crippen LogP contribution is -2.37. The maximum Gasteiger partial charge on any atom is 0.298 e. The number of hydrogen-bond donors (Lipinski definition) is 1. The smallest absolute Gasteiger partial charge is 0.298 e. The quantitative estimate of drug-likeness (QED) is 0.515. The van der Waals surface area contributed by atoms with Crippen LogP contribution in [-0.2, 0) is 27.4 Å². The molecule has 0 bridgehead atoms. The molecule has 1 heterocycles. The number of ether oxygens (including phenoxy) is 1. The molecule has 34 heavy (non-hydrogen) atoms. The molecule has 0 radical (unpaired) electrons. The molecule has 2 aromatic rings. The fourth-order valence-electron chi connectivity index (χ4n) is 3.86. The van der Waals surface area contributed by atoms with Gasteiger partial charge in [0.2, 0.25) is 5.91 Å². The van der Waals surface area contributed by atoms with Gasteiger partial charge in [-0.25, -0.2) is 4.98 Å². The minimum Gasteiger partial charge on any atom is -0.431 e. The number of aliphatic hydroxyl groups is 1. The topological polar surface area (TPSA) is 87.9 Å². The number of benzene rings is 1. The van der Waals surface area contributed by atoms with Crippen LogP contribution in [0.1, 0.15) is 38.1 Å². The van der Waals surface area contributed by atoms with Gasteiger partial charge < -0.3 is 24.2 Å². The Morgan fingerprint density at radius 3 is 2.65 bits per heavy atom. The number of fused-ring (bicyclic) bond motifs is 1. The van der Waals surface area contributed by atoms with Crippen LogP contribution in [0.25, 0.3) is 11.0 Å². The lowest BCUT2D eigenvalue weighted by atomic mass is 10.1. The van der Waals surface area contributed by atoms with Crippen LogP contribution in [0.4, 0.5) is 0 Å². The third kappa shape index (κ3) is 6.11. The van der Waals surface area contributed by atoms with Crippen molar-refractivity contribution in [3.05, 3.63) is 51.1 Å². The summed E-state index contributed by atoms with van der Waals surface area (Å²) in [5.74, 6) is 0.963. The number of amides is 1. The summed E-state index contributed by atoms with van der Waals surface area (Å²) < 4.78 is 7.02. The summed E-state index contributed by atoms with van der Waals surface area (Å²) in [7, 11) is 3.44. The molecule has 0 atom stereocenters. The van der Waals surface area contributed by atoms with Crippen molar-refractivity contribution in [2.45, 2.75) is 52.3 Å². The number of aromatic nitrogens is 2. The molecular formula is C24H30Cl2N4O4. The third-order valence-electron chi connectivity index (χ3n) is 5.60. The number of likely N-dealkylation sites (N-methyl/N-ethyl adjacent to an activating group) is 2. The highest BCUT2D eigenvalue weighted by atomic mass is 35.5. The second-order valence-corrected chi connectivity index (χ2v) is 10.1. The van der Waals surface area contributed by atoms with Crippen molar-refractivity contribution < 1.29 is 19.4 Å². The molecule has 10 heteroatoms. The molecule has 1 aliphatic carbocycles. The number of allylic oxidation sites excluding steroid dienone is 3. The van der Waals surface area contributed by atoms with Crippen LogP contribution in [-0.4, -0.2) is 63.1 Å². The fraction of sp³-hybridized carbons (Fsp3) is 0.458. The van der Waals surface area contributed by atoms with Crippen LogP contribution >= 0.6 is 23.2 Å². The predicted octanol–water partition coefficient (Wildman–Crippen LogP) is 3.96. The molecule has 1 N–H and O–H groups in total. The van der Waals surface area contributed by atoms with E-state index >= 15 is 0 Å². The van der Waals surface area contributed by atoms with Gasteiger partial charge in [0.05, 0.1) is 42.0 Å². The third-order valence-corrected chi connectivity index (χ3v) is 6.31. The molecule has 0 saturated carbocycles. The molecule has 1 aromatic heterocycles. The minimum absolute atomic E-state index is 0.0505. The largest absolute Gasteiger partial charge is 0.431 e. The Kier molecular flexibility index (Phi) is 7.95. The van der Waals surface area contributed by atoms with Crippen molar-refractivity contribution in [1.29, 1.82) is 0 Å². The fourth-order valence-corrected chi connectivity index (χ4v) is 4.21. The van der Waals surface area contributed by atoms with E-state index in [1.165, 1.54) is 0 Å². The summed E-state index contributed by atoms with van der Waals surface area (Å²) in [5.41, 5.74) is 2.08. The number of imidazole rings is 1. The summed E-state index contributed by atoms with van der Waals surface area (Å²) in [6, 6.07) is 3.74. The van der Waals surface area contributed by atoms with E-state index in [9.17, 15) is 14.7 Å². The average molecular weight is 509 g/mol. The maximum absolute atomic E-state index is 13.1. The van der Waals surface area contributed by atoms with E-state index < -0.39 is 5.60 Å². The van der Waals surface area contributed by atoms with Crippen LogP contribution < -0.4 is 0 Å². The highest BCUT2D eigenvalue weighted by molar-refractivity contribution is 6.32. The van der Waals surface area contributed by atoms with Crippen molar-refractivity contribution in [1.82, 2.24) is 19.4 Å². The number of hydrogen-bond acceptors (Lipinski definition) is 6. The summed E-state index contributed by atoms with van der Waals surface area (Å²) >= 11 is 12.5. The van der Waals surface area contributed by atoms with Crippen LogP contribution in [0.15, 0.2) is 34.7 Å². The molecule has 1 amide bonds. The number of rotatable bonds is 9. The summed E-state index contributed by atoms with van der Waals surface area (Å²) in [6.45, 7) is 6.35. The first-order valence-electron chi connectivity index (χ1n) is 10.9. The van der Waals surface area contributed by atoms with Crippen LogP contribution in [0.2, 0.25) is 5.02 Å². The normalized spacial score (nSPS) is 14.3. The van der Waals surface area contributed by atoms with Crippen LogP contribution in [0.3, 0.4) is 0 Å². The van der Waals surface area contributed by atoms with Gasteiger partial charge in [-0.05, 0) is 51.0 Å². The summed E-state index contributed by atoms with van der Waals surface area (Å²) in [4.78, 5) is 31.9. The molecule has 184 valence electrons. The first-order valence-corrected chi connectivity index (χ1v) is 11.7. The molecule has 1 aliphatic rings. The zero-order valence-electron chi connectivity index (χ0n) is 20.1. The van der Waals surface area contributed by atoms with Gasteiger partial charge in [0.15, 0.2) is 0 Å². The van der Waals surface area contributed by atoms with Crippen molar-refractivity contribution in [3.8, 4) is 0 Å². The standard InChI is InChI=1S/C24H30Cl2N4O4/c1-15-8-19-18(10-17(15)26)27-22(30(19)13-24(2,3)33)11-29(5)23(32)12-28(4)20-9-16(25)6-7-21(20)34-14-31/h8-10,14,33H,6-7,11-13H2,1-5H3. The molecular weight excluding hydrogens is 479 g/mol. The lowest BCUT2D eigenvalue weighted by Gasteiger charge is -2.27. The second-order valence-electron chi connectivity index (χ2n) is 9.24. The molecule has 0 fully saturated rings. The van der Waals surface area contributed by atoms with Gasteiger partial charge in [-0.3, -0.25) is 9.59 Å². The van der Waals surface area contributed by atoms with Crippen molar-refractivity contribution >= 4 is 46.6 Å². The second kappa shape index (κ2) is 10.4. The van der Waals surface area contributed by atoms with Gasteiger partial charge in [0.1, 0.15) is 11.6 Å². The van der Waals surface area contributed by atoms with Crippen molar-refractivity contribution in [3.63, 3.8) is 0 Å². The Balaban J connectivity index is 1.84. The SMILES string of the molecule is Cc1cc2c(cc1Cl)nc(CN(C)C(=O)CN(C)C1=C(OC=O)CCC(Cl)=C1)n2CC(C)(C)O. The first kappa shape index (κ1) is 26.1. The van der Waals surface area contributed by atoms with Gasteiger partial charge in [-0.1, -0.05) is 23.2 Å². The molecule has 0 aliphatic heterocycles. The van der Waals surface area contributed by atoms with E-state index in [2.05, 4.69) is 0 Å². The Morgan fingerprint density at radius 2 is 2.00 bits per heavy atom. The molecule has 0 saturated heterocycles. The Labute approximate surface area is 209 Å². The minimum atomic E-state index is -0.979. The van der Waals surface area contributed by atoms with E-state index in [0.29, 0.717) is 58.7 Å². The number of nitrogens with zero attached hydrogens (tertiary/aromatic N) is 4. The number of halogens is 2. The zero-order chi connectivity index (χ0) is 25.2. The number of carbonyl (C=O) groups excluding carboxylic acids is 2. The maximum atomic E-state index is 13.1. The van der Waals surface area contributed by atoms with E-state index in [1.807, 2.05) is 17.6 Å². The average Bonchev–Trinajstić information content (AvgIpc) is 3.04. The molecule has 0 unspecified atom stereocenters. The Hall–Kier alpha value is -2.55. The number of aryl methyl sites for hydroxylation is 1. The van der Waals surface area contributed by atoms with E-state index in [4.69, 9.17) is 32.9 Å². The zero-order valence-corrected chi connectivity index (χ0v) is 21.6. The Bertz CT molecular complexity index is 1160. The monoisotopic (exact) mass is 508 g/mol. The summed E-state index contributed by atoms with van der Waals surface area (Å²) in [6.07, 6.45) is 2.78. The lowest BCUT2D eigenvalue weighted by molar-refractivity contribution is -0.131. The first-order chi connectivity index (χ1) is 15.9.